The molecule has 146 valence electrons. The molecule has 2 aromatic rings. The molecule has 8 nitrogen and oxygen atoms in total. The molecule has 9 heteroatoms. The zero-order valence-corrected chi connectivity index (χ0v) is 16.2. The van der Waals surface area contributed by atoms with Gasteiger partial charge in [0.15, 0.2) is 0 Å². The Morgan fingerprint density at radius 1 is 1.11 bits per heavy atom. The van der Waals surface area contributed by atoms with Crippen molar-refractivity contribution in [1.82, 2.24) is 5.06 Å². The Balaban J connectivity index is 2.19. The molecule has 0 spiro atoms. The predicted octanol–water partition coefficient (Wildman–Crippen LogP) is 2.29. The van der Waals surface area contributed by atoms with Gasteiger partial charge in [-0.25, -0.2) is 4.79 Å². The topological polar surface area (TPSA) is 107 Å². The van der Waals surface area contributed by atoms with Gasteiger partial charge in [0.05, 0.1) is 24.0 Å². The van der Waals surface area contributed by atoms with Crippen LogP contribution in [0.2, 0.25) is 0 Å². The Bertz CT molecular complexity index is 1130. The zero-order chi connectivity index (χ0) is 20.6. The number of hydrogen-bond acceptors (Lipinski definition) is 7. The summed E-state index contributed by atoms with van der Waals surface area (Å²) in [6.45, 7) is 3.66. The summed E-state index contributed by atoms with van der Waals surface area (Å²) in [5.41, 5.74) is 1.49. The lowest BCUT2D eigenvalue weighted by Gasteiger charge is -2.25. The molecule has 0 saturated heterocycles. The van der Waals surface area contributed by atoms with Crippen molar-refractivity contribution in [3.8, 4) is 0 Å². The third-order valence-electron chi connectivity index (χ3n) is 4.13. The molecular weight excluding hydrogens is 386 g/mol. The SMILES string of the molecule is CCOC(=O)/C=C(\C)c1ccc2c3c(cccc13)C(=O)N(OS(C)(=O)=O)C2=O. The summed E-state index contributed by atoms with van der Waals surface area (Å²) >= 11 is 0. The standard InChI is InChI=1S/C19H17NO7S/c1-4-26-16(21)10-11(2)12-8-9-15-17-13(12)6-5-7-14(17)18(22)20(19(15)23)27-28(3,24)25/h5-10H,4H2,1-3H3/b11-10+. The van der Waals surface area contributed by atoms with Crippen LogP contribution in [0.4, 0.5) is 0 Å². The number of benzene rings is 2. The van der Waals surface area contributed by atoms with E-state index in [0.717, 1.165) is 6.26 Å². The quantitative estimate of drug-likeness (QED) is 0.428. The van der Waals surface area contributed by atoms with Crippen molar-refractivity contribution >= 4 is 44.2 Å². The van der Waals surface area contributed by atoms with Crippen molar-refractivity contribution in [2.45, 2.75) is 13.8 Å². The zero-order valence-electron chi connectivity index (χ0n) is 15.4. The summed E-state index contributed by atoms with van der Waals surface area (Å²) in [4.78, 5) is 37.1. The number of carbonyl (C=O) groups is 3. The lowest BCUT2D eigenvalue weighted by Crippen LogP contribution is -2.41. The number of carbonyl (C=O) groups excluding carboxylic acids is 3. The number of imide groups is 1. The molecule has 0 aliphatic carbocycles. The predicted molar refractivity (Wildman–Crippen MR) is 101 cm³/mol. The van der Waals surface area contributed by atoms with E-state index in [2.05, 4.69) is 4.28 Å². The van der Waals surface area contributed by atoms with Crippen LogP contribution in [-0.2, 0) is 23.9 Å². The molecular formula is C19H17NO7S. The largest absolute Gasteiger partial charge is 0.463 e. The highest BCUT2D eigenvalue weighted by molar-refractivity contribution is 7.85. The minimum absolute atomic E-state index is 0.126. The molecule has 0 atom stereocenters. The third kappa shape index (κ3) is 3.54. The minimum atomic E-state index is -4.08. The van der Waals surface area contributed by atoms with Crippen LogP contribution in [0.1, 0.15) is 40.1 Å². The van der Waals surface area contributed by atoms with Gasteiger partial charge < -0.3 is 4.74 Å². The van der Waals surface area contributed by atoms with E-state index in [4.69, 9.17) is 4.74 Å². The van der Waals surface area contributed by atoms with Crippen molar-refractivity contribution in [3.05, 3.63) is 53.1 Å². The first-order valence-electron chi connectivity index (χ1n) is 8.33. The van der Waals surface area contributed by atoms with Crippen LogP contribution in [-0.4, -0.2) is 44.1 Å². The van der Waals surface area contributed by atoms with Crippen LogP contribution in [0, 0.1) is 0 Å². The highest BCUT2D eigenvalue weighted by atomic mass is 32.2. The molecule has 0 unspecified atom stereocenters. The first-order chi connectivity index (χ1) is 13.1. The smallest absolute Gasteiger partial charge is 0.331 e. The van der Waals surface area contributed by atoms with Gasteiger partial charge >= 0.3 is 5.97 Å². The molecule has 28 heavy (non-hydrogen) atoms. The van der Waals surface area contributed by atoms with Gasteiger partial charge in [0.2, 0.25) is 0 Å². The summed E-state index contributed by atoms with van der Waals surface area (Å²) in [6, 6.07) is 7.89. The number of amides is 2. The Morgan fingerprint density at radius 2 is 1.75 bits per heavy atom. The lowest BCUT2D eigenvalue weighted by molar-refractivity contribution is -0.137. The number of hydroxylamine groups is 2. The Hall–Kier alpha value is -3.04. The minimum Gasteiger partial charge on any atom is -0.463 e. The summed E-state index contributed by atoms with van der Waals surface area (Å²) in [6.07, 6.45) is 2.08. The molecule has 1 aliphatic heterocycles. The maximum Gasteiger partial charge on any atom is 0.331 e. The molecule has 1 aliphatic rings. The van der Waals surface area contributed by atoms with Gasteiger partial charge in [-0.05, 0) is 42.5 Å². The number of esters is 1. The second-order valence-electron chi connectivity index (χ2n) is 6.15. The molecule has 2 amide bonds. The first kappa shape index (κ1) is 19.7. The molecule has 0 radical (unpaired) electrons. The van der Waals surface area contributed by atoms with Crippen molar-refractivity contribution in [2.24, 2.45) is 0 Å². The van der Waals surface area contributed by atoms with E-state index in [9.17, 15) is 22.8 Å². The van der Waals surface area contributed by atoms with E-state index in [1.807, 2.05) is 0 Å². The van der Waals surface area contributed by atoms with Crippen LogP contribution in [0.5, 0.6) is 0 Å². The second-order valence-corrected chi connectivity index (χ2v) is 7.71. The van der Waals surface area contributed by atoms with Crippen molar-refractivity contribution in [1.29, 1.82) is 0 Å². The molecule has 1 heterocycles. The Kier molecular flexibility index (Phi) is 5.05. The molecule has 3 rings (SSSR count). The summed E-state index contributed by atoms with van der Waals surface area (Å²) in [5.74, 6) is -2.25. The number of nitrogens with zero attached hydrogens (tertiary/aromatic N) is 1. The van der Waals surface area contributed by atoms with Crippen LogP contribution in [0.25, 0.3) is 16.3 Å². The van der Waals surface area contributed by atoms with Crippen LogP contribution in [0.3, 0.4) is 0 Å². The first-order valence-corrected chi connectivity index (χ1v) is 10.1. The average Bonchev–Trinajstić information content (AvgIpc) is 2.62. The summed E-state index contributed by atoms with van der Waals surface area (Å²) in [5, 5.41) is 1.20. The van der Waals surface area contributed by atoms with Gasteiger partial charge in [0.1, 0.15) is 0 Å². The van der Waals surface area contributed by atoms with Crippen LogP contribution < -0.4 is 0 Å². The van der Waals surface area contributed by atoms with Crippen molar-refractivity contribution in [3.63, 3.8) is 0 Å². The fraction of sp³-hybridized carbons (Fsp3) is 0.211. The van der Waals surface area contributed by atoms with Crippen LogP contribution >= 0.6 is 0 Å². The monoisotopic (exact) mass is 403 g/mol. The van der Waals surface area contributed by atoms with Gasteiger partial charge in [0.25, 0.3) is 21.9 Å². The summed E-state index contributed by atoms with van der Waals surface area (Å²) in [7, 11) is -4.08. The summed E-state index contributed by atoms with van der Waals surface area (Å²) < 4.78 is 32.3. The molecule has 0 bridgehead atoms. The molecule has 0 fully saturated rings. The van der Waals surface area contributed by atoms with E-state index in [0.29, 0.717) is 21.9 Å². The van der Waals surface area contributed by atoms with Crippen molar-refractivity contribution < 1.29 is 31.8 Å². The van der Waals surface area contributed by atoms with Crippen molar-refractivity contribution in [2.75, 3.05) is 12.9 Å². The fourth-order valence-corrected chi connectivity index (χ4v) is 3.47. The fourth-order valence-electron chi connectivity index (χ4n) is 3.06. The molecule has 0 aromatic heterocycles. The number of hydrogen-bond donors (Lipinski definition) is 0. The van der Waals surface area contributed by atoms with Crippen LogP contribution in [0.15, 0.2) is 36.4 Å². The van der Waals surface area contributed by atoms with E-state index < -0.39 is 27.9 Å². The maximum atomic E-state index is 12.7. The maximum absolute atomic E-state index is 12.7. The van der Waals surface area contributed by atoms with Gasteiger partial charge in [0, 0.05) is 11.5 Å². The van der Waals surface area contributed by atoms with Gasteiger partial charge in [-0.2, -0.15) is 8.42 Å². The highest BCUT2D eigenvalue weighted by Gasteiger charge is 2.36. The number of rotatable bonds is 5. The lowest BCUT2D eigenvalue weighted by atomic mass is 9.90. The van der Waals surface area contributed by atoms with E-state index >= 15 is 0 Å². The van der Waals surface area contributed by atoms with E-state index in [-0.39, 0.29) is 22.8 Å². The second kappa shape index (κ2) is 7.17. The molecule has 2 aromatic carbocycles. The van der Waals surface area contributed by atoms with Gasteiger partial charge in [-0.1, -0.05) is 18.2 Å². The van der Waals surface area contributed by atoms with Gasteiger partial charge in [-0.15, -0.1) is 9.35 Å². The number of ether oxygens (including phenoxy) is 1. The Morgan fingerprint density at radius 3 is 2.36 bits per heavy atom. The molecule has 0 N–H and O–H groups in total. The van der Waals surface area contributed by atoms with Gasteiger partial charge in [-0.3, -0.25) is 9.59 Å². The highest BCUT2D eigenvalue weighted by Crippen LogP contribution is 2.35. The normalized spacial score (nSPS) is 14.5. The number of allylic oxidation sites excluding steroid dienone is 1. The van der Waals surface area contributed by atoms with E-state index in [1.54, 1.807) is 32.0 Å². The van der Waals surface area contributed by atoms with E-state index in [1.165, 1.54) is 18.2 Å². The average molecular weight is 403 g/mol. The third-order valence-corrected chi connectivity index (χ3v) is 4.55. The molecule has 0 saturated carbocycles. The Labute approximate surface area is 161 Å².